The van der Waals surface area contributed by atoms with E-state index in [-0.39, 0.29) is 0 Å². The van der Waals surface area contributed by atoms with E-state index in [9.17, 15) is 0 Å². The Labute approximate surface area is 151 Å². The molecule has 4 aromatic rings. The number of fused-ring (bicyclic) bond motifs is 2. The standard InChI is InChI=1S/C20H20N6/c21-17-11-13-5-1-3-7-15(13)19(25-17)23-9-10-24-20-16-8-4-2-6-14(16)12-18(22)26-20/h1-8,11-12H,9-10H2,(H3,21,23,25)(H3,22,24,26). The Morgan fingerprint density at radius 1 is 0.654 bits per heavy atom. The second-order valence-electron chi connectivity index (χ2n) is 6.09. The molecule has 0 unspecified atom stereocenters. The maximum atomic E-state index is 5.91. The molecule has 0 bridgehead atoms. The highest BCUT2D eigenvalue weighted by molar-refractivity contribution is 5.94. The van der Waals surface area contributed by atoms with Crippen molar-refractivity contribution in [3.8, 4) is 0 Å². The number of nitrogens with two attached hydrogens (primary N) is 2. The van der Waals surface area contributed by atoms with Gasteiger partial charge in [0.05, 0.1) is 0 Å². The number of benzene rings is 2. The molecule has 6 heteroatoms. The average Bonchev–Trinajstić information content (AvgIpc) is 2.64. The van der Waals surface area contributed by atoms with Crippen LogP contribution in [-0.4, -0.2) is 23.1 Å². The molecule has 6 N–H and O–H groups in total. The van der Waals surface area contributed by atoms with E-state index in [1.165, 1.54) is 0 Å². The van der Waals surface area contributed by atoms with Crippen molar-refractivity contribution in [3.63, 3.8) is 0 Å². The van der Waals surface area contributed by atoms with Gasteiger partial charge in [0.2, 0.25) is 0 Å². The summed E-state index contributed by atoms with van der Waals surface area (Å²) in [6.45, 7) is 1.34. The molecule has 6 nitrogen and oxygen atoms in total. The van der Waals surface area contributed by atoms with E-state index < -0.39 is 0 Å². The van der Waals surface area contributed by atoms with Crippen molar-refractivity contribution in [1.29, 1.82) is 0 Å². The number of pyridine rings is 2. The first kappa shape index (κ1) is 16.0. The quantitative estimate of drug-likeness (QED) is 0.414. The van der Waals surface area contributed by atoms with Gasteiger partial charge in [-0.25, -0.2) is 9.97 Å². The van der Waals surface area contributed by atoms with Crippen molar-refractivity contribution in [1.82, 2.24) is 9.97 Å². The number of nitrogen functional groups attached to an aromatic ring is 2. The maximum absolute atomic E-state index is 5.91. The van der Waals surface area contributed by atoms with Gasteiger partial charge in [0, 0.05) is 23.9 Å². The van der Waals surface area contributed by atoms with Crippen LogP contribution in [0.3, 0.4) is 0 Å². The minimum Gasteiger partial charge on any atom is -0.384 e. The minimum absolute atomic E-state index is 0.502. The van der Waals surface area contributed by atoms with E-state index in [1.54, 1.807) is 0 Å². The molecule has 0 saturated heterocycles. The summed E-state index contributed by atoms with van der Waals surface area (Å²) >= 11 is 0. The summed E-state index contributed by atoms with van der Waals surface area (Å²) in [6, 6.07) is 19.8. The predicted octanol–water partition coefficient (Wildman–Crippen LogP) is 3.47. The second-order valence-corrected chi connectivity index (χ2v) is 6.09. The third-order valence-corrected chi connectivity index (χ3v) is 4.23. The van der Waals surface area contributed by atoms with Crippen LogP contribution in [0.4, 0.5) is 23.3 Å². The zero-order valence-electron chi connectivity index (χ0n) is 14.2. The smallest absolute Gasteiger partial charge is 0.136 e. The fourth-order valence-corrected chi connectivity index (χ4v) is 3.07. The van der Waals surface area contributed by atoms with Crippen LogP contribution in [0, 0.1) is 0 Å². The van der Waals surface area contributed by atoms with Crippen molar-refractivity contribution < 1.29 is 0 Å². The highest BCUT2D eigenvalue weighted by Gasteiger charge is 2.05. The molecule has 2 aromatic carbocycles. The fraction of sp³-hybridized carbons (Fsp3) is 0.100. The van der Waals surface area contributed by atoms with Crippen LogP contribution in [0.5, 0.6) is 0 Å². The summed E-state index contributed by atoms with van der Waals surface area (Å²) in [5, 5.41) is 10.9. The SMILES string of the molecule is Nc1cc2ccccc2c(NCCNc2nc(N)cc3ccccc23)n1. The van der Waals surface area contributed by atoms with Crippen molar-refractivity contribution in [2.75, 3.05) is 35.2 Å². The first-order valence-corrected chi connectivity index (χ1v) is 8.49. The Bertz CT molecular complexity index is 989. The Morgan fingerprint density at radius 3 is 1.54 bits per heavy atom. The summed E-state index contributed by atoms with van der Waals surface area (Å²) in [5.41, 5.74) is 11.8. The Balaban J connectivity index is 1.48. The van der Waals surface area contributed by atoms with Crippen LogP contribution < -0.4 is 22.1 Å². The van der Waals surface area contributed by atoms with E-state index in [4.69, 9.17) is 11.5 Å². The number of rotatable bonds is 5. The van der Waals surface area contributed by atoms with Gasteiger partial charge in [0.1, 0.15) is 23.3 Å². The molecular formula is C20H20N6. The molecule has 0 atom stereocenters. The van der Waals surface area contributed by atoms with Crippen LogP contribution in [0.25, 0.3) is 21.5 Å². The highest BCUT2D eigenvalue weighted by atomic mass is 15.1. The van der Waals surface area contributed by atoms with Gasteiger partial charge in [-0.3, -0.25) is 0 Å². The van der Waals surface area contributed by atoms with Gasteiger partial charge < -0.3 is 22.1 Å². The third kappa shape index (κ3) is 3.17. The van der Waals surface area contributed by atoms with Crippen molar-refractivity contribution >= 4 is 44.8 Å². The molecule has 130 valence electrons. The van der Waals surface area contributed by atoms with Gasteiger partial charge in [-0.15, -0.1) is 0 Å². The molecule has 0 radical (unpaired) electrons. The van der Waals surface area contributed by atoms with Gasteiger partial charge in [0.15, 0.2) is 0 Å². The molecule has 0 fully saturated rings. The first-order valence-electron chi connectivity index (χ1n) is 8.49. The van der Waals surface area contributed by atoms with Crippen LogP contribution in [0.15, 0.2) is 60.7 Å². The fourth-order valence-electron chi connectivity index (χ4n) is 3.07. The van der Waals surface area contributed by atoms with Crippen molar-refractivity contribution in [3.05, 3.63) is 60.7 Å². The lowest BCUT2D eigenvalue weighted by atomic mass is 10.1. The number of hydrogen-bond acceptors (Lipinski definition) is 6. The Hall–Kier alpha value is -3.54. The van der Waals surface area contributed by atoms with Gasteiger partial charge in [-0.1, -0.05) is 48.5 Å². The predicted molar refractivity (Wildman–Crippen MR) is 109 cm³/mol. The third-order valence-electron chi connectivity index (χ3n) is 4.23. The van der Waals surface area contributed by atoms with Crippen molar-refractivity contribution in [2.24, 2.45) is 0 Å². The van der Waals surface area contributed by atoms with E-state index in [2.05, 4.69) is 20.6 Å². The zero-order chi connectivity index (χ0) is 17.9. The van der Waals surface area contributed by atoms with E-state index in [0.29, 0.717) is 24.7 Å². The molecule has 2 aromatic heterocycles. The van der Waals surface area contributed by atoms with Crippen LogP contribution in [0.2, 0.25) is 0 Å². The van der Waals surface area contributed by atoms with Gasteiger partial charge in [-0.2, -0.15) is 0 Å². The van der Waals surface area contributed by atoms with E-state index >= 15 is 0 Å². The maximum Gasteiger partial charge on any atom is 0.136 e. The first-order chi connectivity index (χ1) is 12.7. The van der Waals surface area contributed by atoms with Crippen LogP contribution >= 0.6 is 0 Å². The van der Waals surface area contributed by atoms with Gasteiger partial charge >= 0.3 is 0 Å². The number of hydrogen-bond donors (Lipinski definition) is 4. The van der Waals surface area contributed by atoms with Crippen LogP contribution in [-0.2, 0) is 0 Å². The lowest BCUT2D eigenvalue weighted by Crippen LogP contribution is -2.16. The molecule has 4 rings (SSSR count). The number of anilines is 4. The number of nitrogens with one attached hydrogen (secondary N) is 2. The number of aromatic nitrogens is 2. The summed E-state index contributed by atoms with van der Waals surface area (Å²) in [7, 11) is 0. The molecule has 0 aliphatic carbocycles. The van der Waals surface area contributed by atoms with Gasteiger partial charge in [-0.05, 0) is 22.9 Å². The average molecular weight is 344 g/mol. The molecule has 26 heavy (non-hydrogen) atoms. The number of nitrogens with zero attached hydrogens (tertiary/aromatic N) is 2. The van der Waals surface area contributed by atoms with E-state index in [0.717, 1.165) is 33.2 Å². The molecule has 0 amide bonds. The molecular weight excluding hydrogens is 324 g/mol. The van der Waals surface area contributed by atoms with Gasteiger partial charge in [0.25, 0.3) is 0 Å². The molecule has 2 heterocycles. The van der Waals surface area contributed by atoms with Crippen molar-refractivity contribution in [2.45, 2.75) is 0 Å². The minimum atomic E-state index is 0.502. The second kappa shape index (κ2) is 6.76. The van der Waals surface area contributed by atoms with Crippen LogP contribution in [0.1, 0.15) is 0 Å². The largest absolute Gasteiger partial charge is 0.384 e. The normalized spacial score (nSPS) is 10.9. The monoisotopic (exact) mass is 344 g/mol. The summed E-state index contributed by atoms with van der Waals surface area (Å²) in [6.07, 6.45) is 0. The lowest BCUT2D eigenvalue weighted by Gasteiger charge is -2.12. The highest BCUT2D eigenvalue weighted by Crippen LogP contribution is 2.24. The molecule has 0 spiro atoms. The molecule has 0 aliphatic rings. The van der Waals surface area contributed by atoms with E-state index in [1.807, 2.05) is 60.7 Å². The Morgan fingerprint density at radius 2 is 1.08 bits per heavy atom. The Kier molecular flexibility index (Phi) is 4.15. The topological polar surface area (TPSA) is 102 Å². The summed E-state index contributed by atoms with van der Waals surface area (Å²) < 4.78 is 0. The summed E-state index contributed by atoms with van der Waals surface area (Å²) in [4.78, 5) is 8.83. The molecule has 0 aliphatic heterocycles. The lowest BCUT2D eigenvalue weighted by molar-refractivity contribution is 1.06. The zero-order valence-corrected chi connectivity index (χ0v) is 14.2. The molecule has 0 saturated carbocycles. The summed E-state index contributed by atoms with van der Waals surface area (Å²) in [5.74, 6) is 2.57.